The summed E-state index contributed by atoms with van der Waals surface area (Å²) in [6, 6.07) is -5.40. The molecule has 12 atom stereocenters. The summed E-state index contributed by atoms with van der Waals surface area (Å²) >= 11 is 3.47. The second-order valence-corrected chi connectivity index (χ2v) is 21.0. The van der Waals surface area contributed by atoms with Crippen LogP contribution in [0.4, 0.5) is 0 Å². The minimum Gasteiger partial charge on any atom is -0.496 e. The molecule has 2 bridgehead atoms. The minimum absolute atomic E-state index is 0.0162. The first kappa shape index (κ1) is 63.6. The number of carbonyl (C=O) groups excluding carboxylic acids is 8. The van der Waals surface area contributed by atoms with E-state index in [0.717, 1.165) is 16.9 Å². The molecular formula is C47H75BrN10O16S. The van der Waals surface area contributed by atoms with Crippen LogP contribution in [-0.2, 0) is 68.8 Å². The van der Waals surface area contributed by atoms with Crippen molar-refractivity contribution in [3.05, 3.63) is 28.2 Å². The number of aliphatic imine (C=N–C) groups is 1. The van der Waals surface area contributed by atoms with E-state index in [1.165, 1.54) is 34.9 Å². The number of carbonyl (C=O) groups is 8. The number of nitrogens with zero attached hydrogens (tertiary/aromatic N) is 3. The Morgan fingerprint density at radius 3 is 2.16 bits per heavy atom. The Morgan fingerprint density at radius 1 is 0.947 bits per heavy atom. The van der Waals surface area contributed by atoms with Gasteiger partial charge in [0.15, 0.2) is 12.1 Å². The number of ether oxygens (including phenoxy) is 3. The summed E-state index contributed by atoms with van der Waals surface area (Å²) in [4.78, 5) is 122. The Hall–Kier alpha value is -5.68. The Balaban J connectivity index is 2.29. The van der Waals surface area contributed by atoms with Crippen molar-refractivity contribution in [3.63, 3.8) is 0 Å². The maximum atomic E-state index is 15.1. The minimum atomic E-state index is -5.01. The molecule has 0 saturated carbocycles. The molecule has 2 aliphatic heterocycles. The number of likely N-dealkylation sites (N-methyl/N-ethyl adjacent to an activating group) is 1. The molecular weight excluding hydrogens is 1070 g/mol. The van der Waals surface area contributed by atoms with Crippen LogP contribution in [0.2, 0.25) is 0 Å². The van der Waals surface area contributed by atoms with E-state index in [-0.39, 0.29) is 51.0 Å². The fraction of sp³-hybridized carbons (Fsp3) is 0.681. The van der Waals surface area contributed by atoms with Gasteiger partial charge in [-0.2, -0.15) is 8.42 Å². The number of amides is 7. The van der Waals surface area contributed by atoms with Gasteiger partial charge in [-0.1, -0.05) is 60.5 Å². The highest BCUT2D eigenvalue weighted by atomic mass is 79.9. The van der Waals surface area contributed by atoms with Gasteiger partial charge in [0.25, 0.3) is 5.91 Å². The fourth-order valence-corrected chi connectivity index (χ4v) is 9.30. The van der Waals surface area contributed by atoms with Crippen molar-refractivity contribution in [2.24, 2.45) is 34.2 Å². The lowest BCUT2D eigenvalue weighted by Gasteiger charge is -2.44. The summed E-state index contributed by atoms with van der Waals surface area (Å²) in [5, 5.41) is 24.5. The molecule has 1 aromatic rings. The van der Waals surface area contributed by atoms with Gasteiger partial charge in [-0.3, -0.25) is 43.1 Å². The van der Waals surface area contributed by atoms with Crippen LogP contribution in [-0.4, -0.2) is 176 Å². The maximum Gasteiger partial charge on any atom is 0.397 e. The fourth-order valence-electron chi connectivity index (χ4n) is 8.42. The van der Waals surface area contributed by atoms with E-state index < -0.39 is 143 Å². The molecule has 0 unspecified atom stereocenters. The van der Waals surface area contributed by atoms with E-state index in [1.54, 1.807) is 45.9 Å². The molecule has 26 nitrogen and oxygen atoms in total. The summed E-state index contributed by atoms with van der Waals surface area (Å²) in [6.07, 6.45) is -4.59. The number of methoxy groups -OCH3 is 2. The number of fused-ring (bicyclic) bond motifs is 2. The summed E-state index contributed by atoms with van der Waals surface area (Å²) < 4.78 is 52.8. The number of aliphatic hydroxyl groups excluding tert-OH is 1. The quantitative estimate of drug-likeness (QED) is 0.0252. The molecule has 2 heterocycles. The van der Waals surface area contributed by atoms with Crippen molar-refractivity contribution in [1.29, 1.82) is 0 Å². The summed E-state index contributed by atoms with van der Waals surface area (Å²) in [6.45, 7) is 10.2. The number of piperidine rings is 1. The van der Waals surface area contributed by atoms with Crippen LogP contribution in [0.15, 0.2) is 27.7 Å². The molecule has 75 heavy (non-hydrogen) atoms. The van der Waals surface area contributed by atoms with E-state index in [4.69, 9.17) is 30.2 Å². The summed E-state index contributed by atoms with van der Waals surface area (Å²) in [5.41, 5.74) is 11.6. The zero-order chi connectivity index (χ0) is 56.6. The molecule has 422 valence electrons. The molecule has 0 aliphatic carbocycles. The highest BCUT2D eigenvalue weighted by Crippen LogP contribution is 2.30. The molecule has 0 aromatic heterocycles. The van der Waals surface area contributed by atoms with Crippen molar-refractivity contribution >= 4 is 79.6 Å². The first-order valence-electron chi connectivity index (χ1n) is 24.6. The standard InChI is InChI=1S/C47H75BrN10O16S/c1-11-24(5)36-46(67)74-26(7)37(56-42(63)35(23(3)4)54-41(62)33(72-10)22-73-75(68,69)70)43(64)52-29(14-13-19-51-47(49)50)39(60)53-30-16-18-34(59)58(44(30)65)38(25(6)12-2)45(66)57(8)31(40(61)55-36)21-27-15-17-32(71-9)28(48)20-27/h15,17,20,23-26,29-31,33-38,59H,11-14,16,18-19,21-22H2,1-10H3,(H,52,64)(H,53,60)(H,54,62)(H,55,61)(H,56,63)(H4,49,50,51)(H,68,69,70)/t24-,25+,26+,29-,30-,31-,33+,34+,35+,36-,37-,38-/m0/s1. The number of aliphatic hydroxyl groups is 1. The van der Waals surface area contributed by atoms with Crippen LogP contribution < -0.4 is 42.8 Å². The number of halogens is 1. The summed E-state index contributed by atoms with van der Waals surface area (Å²) in [5.74, 6) is -9.34. The van der Waals surface area contributed by atoms with E-state index >= 15 is 4.79 Å². The van der Waals surface area contributed by atoms with Crippen LogP contribution in [0.5, 0.6) is 5.75 Å². The third kappa shape index (κ3) is 18.0. The van der Waals surface area contributed by atoms with E-state index in [9.17, 15) is 47.1 Å². The van der Waals surface area contributed by atoms with Gasteiger partial charge in [0, 0.05) is 27.1 Å². The van der Waals surface area contributed by atoms with Crippen molar-refractivity contribution in [2.45, 2.75) is 154 Å². The number of hydrogen-bond acceptors (Lipinski definition) is 16. The first-order chi connectivity index (χ1) is 35.1. The maximum absolute atomic E-state index is 15.1. The third-order valence-electron chi connectivity index (χ3n) is 13.3. The third-order valence-corrected chi connectivity index (χ3v) is 14.3. The molecule has 2 saturated heterocycles. The zero-order valence-corrected chi connectivity index (χ0v) is 46.4. The van der Waals surface area contributed by atoms with Crippen LogP contribution in [0.3, 0.4) is 0 Å². The Bertz CT molecular complexity index is 2340. The normalized spacial score (nSPS) is 25.2. The second-order valence-electron chi connectivity index (χ2n) is 19.0. The van der Waals surface area contributed by atoms with Crippen molar-refractivity contribution in [2.75, 3.05) is 34.4 Å². The number of nitrogens with one attached hydrogen (secondary N) is 5. The van der Waals surface area contributed by atoms with Crippen molar-refractivity contribution in [1.82, 2.24) is 36.4 Å². The number of cyclic esters (lactones) is 1. The molecule has 0 radical (unpaired) electrons. The first-order valence-corrected chi connectivity index (χ1v) is 26.8. The lowest BCUT2D eigenvalue weighted by Crippen LogP contribution is -2.66. The van der Waals surface area contributed by atoms with Gasteiger partial charge in [0.05, 0.1) is 11.6 Å². The van der Waals surface area contributed by atoms with Gasteiger partial charge >= 0.3 is 16.4 Å². The molecule has 1 aromatic carbocycles. The van der Waals surface area contributed by atoms with Crippen molar-refractivity contribution in [3.8, 4) is 5.75 Å². The predicted octanol–water partition coefficient (Wildman–Crippen LogP) is -0.858. The Morgan fingerprint density at radius 2 is 1.60 bits per heavy atom. The number of guanidine groups is 1. The van der Waals surface area contributed by atoms with Gasteiger partial charge < -0.3 is 67.2 Å². The Labute approximate surface area is 445 Å². The second kappa shape index (κ2) is 29.0. The highest BCUT2D eigenvalue weighted by molar-refractivity contribution is 9.10. The van der Waals surface area contributed by atoms with E-state index in [1.807, 2.05) is 0 Å². The molecule has 2 aliphatic rings. The van der Waals surface area contributed by atoms with Crippen LogP contribution in [0.25, 0.3) is 0 Å². The monoisotopic (exact) mass is 1150 g/mol. The van der Waals surface area contributed by atoms with Crippen LogP contribution >= 0.6 is 15.9 Å². The van der Waals surface area contributed by atoms with E-state index in [2.05, 4.69) is 51.7 Å². The number of rotatable bonds is 20. The molecule has 11 N–H and O–H groups in total. The van der Waals surface area contributed by atoms with Gasteiger partial charge in [-0.15, -0.1) is 0 Å². The molecule has 28 heteroatoms. The van der Waals surface area contributed by atoms with Crippen LogP contribution in [0.1, 0.15) is 92.6 Å². The number of benzene rings is 1. The summed E-state index contributed by atoms with van der Waals surface area (Å²) in [7, 11) is -1.13. The molecule has 2 fully saturated rings. The molecule has 3 rings (SSSR count). The highest BCUT2D eigenvalue weighted by Gasteiger charge is 2.47. The van der Waals surface area contributed by atoms with Crippen LogP contribution in [0, 0.1) is 17.8 Å². The van der Waals surface area contributed by atoms with Gasteiger partial charge in [0.1, 0.15) is 67.0 Å². The average Bonchev–Trinajstić information content (AvgIpc) is 3.34. The lowest BCUT2D eigenvalue weighted by atomic mass is 9.91. The van der Waals surface area contributed by atoms with Crippen molar-refractivity contribution < 1.29 is 74.8 Å². The van der Waals surface area contributed by atoms with E-state index in [0.29, 0.717) is 22.2 Å². The topological polar surface area (TPSA) is 379 Å². The number of hydrogen-bond donors (Lipinski definition) is 9. The van der Waals surface area contributed by atoms with Gasteiger partial charge in [-0.25, -0.2) is 8.98 Å². The molecule has 7 amide bonds. The Kier molecular flexibility index (Phi) is 24.6. The largest absolute Gasteiger partial charge is 0.496 e. The predicted molar refractivity (Wildman–Crippen MR) is 274 cm³/mol. The average molecular weight is 1150 g/mol. The lowest BCUT2D eigenvalue weighted by molar-refractivity contribution is -0.168. The SMILES string of the molecule is CC[C@@H](C)[C@H]1C(=O)N(C)[C@@H](Cc2ccc(OC)c(Br)c2)C(=O)N[C@@H]([C@@H](C)CC)C(=O)O[C@H](C)[C@H](NC(=O)[C@H](NC(=O)[C@@H](COS(=O)(=O)O)OC)C(C)C)C(=O)N[C@@H](CCCN=C(N)N)C(=O)N[C@H]2CC[C@@H](O)N1C2=O. The number of esters is 1. The zero-order valence-electron chi connectivity index (χ0n) is 44.0. The number of nitrogens with two attached hydrogens (primary N) is 2. The van der Waals surface area contributed by atoms with Gasteiger partial charge in [-0.05, 0) is 84.0 Å². The smallest absolute Gasteiger partial charge is 0.397 e. The molecule has 0 spiro atoms. The van der Waals surface area contributed by atoms with Gasteiger partial charge in [0.2, 0.25) is 35.4 Å².